The van der Waals surface area contributed by atoms with E-state index in [1.807, 2.05) is 0 Å². The number of nitrogens with zero attached hydrogens (tertiary/aromatic N) is 1. The average molecular weight is 339 g/mol. The molecule has 0 radical (unpaired) electrons. The molecule has 2 rings (SSSR count). The maximum atomic E-state index is 6.21. The number of likely N-dealkylation sites (N-methyl/N-ethyl adjacent to an activating group) is 1. The van der Waals surface area contributed by atoms with Crippen molar-refractivity contribution in [1.29, 1.82) is 0 Å². The van der Waals surface area contributed by atoms with Gasteiger partial charge in [-0.05, 0) is 62.4 Å². The summed E-state index contributed by atoms with van der Waals surface area (Å²) in [6.07, 6.45) is 3.35. The van der Waals surface area contributed by atoms with E-state index in [2.05, 4.69) is 66.8 Å². The first-order valence-corrected chi connectivity index (χ1v) is 8.39. The molecule has 0 aromatic heterocycles. The van der Waals surface area contributed by atoms with E-state index < -0.39 is 0 Å². The van der Waals surface area contributed by atoms with Gasteiger partial charge in [-0.25, -0.2) is 0 Å². The molecule has 0 fully saturated rings. The van der Waals surface area contributed by atoms with Gasteiger partial charge in [-0.3, -0.25) is 4.90 Å². The first kappa shape index (κ1) is 16.0. The van der Waals surface area contributed by atoms with Crippen LogP contribution in [-0.4, -0.2) is 30.1 Å². The van der Waals surface area contributed by atoms with Crippen LogP contribution in [0.4, 0.5) is 0 Å². The van der Waals surface area contributed by atoms with Crippen molar-refractivity contribution >= 4 is 15.9 Å². The molecule has 0 amide bonds. The fourth-order valence-electron chi connectivity index (χ4n) is 3.31. The largest absolute Gasteiger partial charge is 0.329 e. The van der Waals surface area contributed by atoms with E-state index in [0.717, 1.165) is 25.8 Å². The van der Waals surface area contributed by atoms with Crippen LogP contribution in [0.1, 0.15) is 38.3 Å². The Morgan fingerprint density at radius 3 is 2.60 bits per heavy atom. The predicted molar refractivity (Wildman–Crippen MR) is 90.0 cm³/mol. The summed E-state index contributed by atoms with van der Waals surface area (Å²) in [7, 11) is 2.25. The molecule has 0 aliphatic heterocycles. The van der Waals surface area contributed by atoms with Crippen molar-refractivity contribution in [1.82, 2.24) is 4.90 Å². The third-order valence-corrected chi connectivity index (χ3v) is 5.74. The molecule has 0 spiro atoms. The van der Waals surface area contributed by atoms with Crippen molar-refractivity contribution in [3.05, 3.63) is 33.8 Å². The van der Waals surface area contributed by atoms with E-state index in [4.69, 9.17) is 5.73 Å². The number of benzene rings is 1. The summed E-state index contributed by atoms with van der Waals surface area (Å²) in [5, 5.41) is 0. The number of hydrogen-bond acceptors (Lipinski definition) is 2. The first-order valence-electron chi connectivity index (χ1n) is 7.60. The molecular weight excluding hydrogens is 312 g/mol. The lowest BCUT2D eigenvalue weighted by molar-refractivity contribution is 0.0511. The Hall–Kier alpha value is -0.380. The molecule has 1 aliphatic carbocycles. The number of rotatable bonds is 4. The molecule has 20 heavy (non-hydrogen) atoms. The van der Waals surface area contributed by atoms with E-state index in [9.17, 15) is 0 Å². The summed E-state index contributed by atoms with van der Waals surface area (Å²) < 4.78 is 1.18. The van der Waals surface area contributed by atoms with Crippen molar-refractivity contribution < 1.29 is 0 Å². The normalized spacial score (nSPS) is 24.0. The molecule has 3 heteroatoms. The highest BCUT2D eigenvalue weighted by Crippen LogP contribution is 2.35. The van der Waals surface area contributed by atoms with Crippen LogP contribution in [0.15, 0.2) is 22.7 Å². The van der Waals surface area contributed by atoms with Gasteiger partial charge in [-0.1, -0.05) is 35.8 Å². The highest BCUT2D eigenvalue weighted by atomic mass is 79.9. The molecule has 2 atom stereocenters. The molecule has 0 saturated heterocycles. The minimum absolute atomic E-state index is 0.116. The lowest BCUT2D eigenvalue weighted by Crippen LogP contribution is -2.59. The Bertz CT molecular complexity index is 472. The standard InChI is InChI=1S/C17H27BrN2/c1-12(2)13(3)20(4)17(11-19)8-7-14-9-16(18)6-5-15(14)10-17/h5-6,9,12-13H,7-8,10-11,19H2,1-4H3. The van der Waals surface area contributed by atoms with E-state index in [-0.39, 0.29) is 5.54 Å². The zero-order valence-electron chi connectivity index (χ0n) is 13.1. The fourth-order valence-corrected chi connectivity index (χ4v) is 3.72. The number of halogens is 1. The molecule has 1 aromatic carbocycles. The van der Waals surface area contributed by atoms with Crippen molar-refractivity contribution in [3.63, 3.8) is 0 Å². The van der Waals surface area contributed by atoms with Gasteiger partial charge in [0, 0.05) is 22.6 Å². The van der Waals surface area contributed by atoms with Crippen molar-refractivity contribution in [2.75, 3.05) is 13.6 Å². The van der Waals surface area contributed by atoms with Gasteiger partial charge in [-0.2, -0.15) is 0 Å². The van der Waals surface area contributed by atoms with E-state index in [1.165, 1.54) is 15.6 Å². The molecule has 1 aromatic rings. The Labute approximate surface area is 131 Å². The summed E-state index contributed by atoms with van der Waals surface area (Å²) in [4.78, 5) is 2.53. The van der Waals surface area contributed by atoms with E-state index >= 15 is 0 Å². The van der Waals surface area contributed by atoms with Crippen LogP contribution in [0.3, 0.4) is 0 Å². The van der Waals surface area contributed by atoms with Crippen LogP contribution >= 0.6 is 15.9 Å². The summed E-state index contributed by atoms with van der Waals surface area (Å²) in [5.74, 6) is 0.648. The second kappa shape index (κ2) is 6.17. The SMILES string of the molecule is CC(C)C(C)N(C)C1(CN)CCc2cc(Br)ccc2C1. The van der Waals surface area contributed by atoms with Crippen molar-refractivity contribution in [2.24, 2.45) is 11.7 Å². The summed E-state index contributed by atoms with van der Waals surface area (Å²) in [6, 6.07) is 7.23. The molecule has 2 nitrogen and oxygen atoms in total. The smallest absolute Gasteiger partial charge is 0.0375 e. The van der Waals surface area contributed by atoms with Crippen molar-refractivity contribution in [3.8, 4) is 0 Å². The van der Waals surface area contributed by atoms with E-state index in [0.29, 0.717) is 12.0 Å². The summed E-state index contributed by atoms with van der Waals surface area (Å²) >= 11 is 3.57. The average Bonchev–Trinajstić information content (AvgIpc) is 2.45. The fraction of sp³-hybridized carbons (Fsp3) is 0.647. The summed E-state index contributed by atoms with van der Waals surface area (Å²) in [5.41, 5.74) is 9.27. The van der Waals surface area contributed by atoms with Crippen LogP contribution in [0.2, 0.25) is 0 Å². The maximum Gasteiger partial charge on any atom is 0.0375 e. The van der Waals surface area contributed by atoms with Gasteiger partial charge in [0.15, 0.2) is 0 Å². The van der Waals surface area contributed by atoms with Crippen LogP contribution < -0.4 is 5.73 Å². The Kier molecular flexibility index (Phi) is 4.93. The van der Waals surface area contributed by atoms with Gasteiger partial charge in [0.05, 0.1) is 0 Å². The van der Waals surface area contributed by atoms with Gasteiger partial charge in [0.25, 0.3) is 0 Å². The second-order valence-corrected chi connectivity index (χ2v) is 7.53. The minimum atomic E-state index is 0.116. The minimum Gasteiger partial charge on any atom is -0.329 e. The van der Waals surface area contributed by atoms with Crippen LogP contribution in [0, 0.1) is 5.92 Å². The van der Waals surface area contributed by atoms with Gasteiger partial charge in [0.2, 0.25) is 0 Å². The van der Waals surface area contributed by atoms with Crippen molar-refractivity contribution in [2.45, 2.75) is 51.6 Å². The van der Waals surface area contributed by atoms with Gasteiger partial charge < -0.3 is 5.73 Å². The summed E-state index contributed by atoms with van der Waals surface area (Å²) in [6.45, 7) is 7.63. The third-order valence-electron chi connectivity index (χ3n) is 5.25. The second-order valence-electron chi connectivity index (χ2n) is 6.61. The topological polar surface area (TPSA) is 29.3 Å². The third kappa shape index (κ3) is 2.95. The predicted octanol–water partition coefficient (Wildman–Crippen LogP) is 3.61. The van der Waals surface area contributed by atoms with E-state index in [1.54, 1.807) is 0 Å². The quantitative estimate of drug-likeness (QED) is 0.908. The number of nitrogens with two attached hydrogens (primary N) is 1. The lowest BCUT2D eigenvalue weighted by atomic mass is 9.76. The molecule has 0 bridgehead atoms. The van der Waals surface area contributed by atoms with Gasteiger partial charge in [-0.15, -0.1) is 0 Å². The Morgan fingerprint density at radius 2 is 2.00 bits per heavy atom. The molecule has 2 unspecified atom stereocenters. The molecule has 2 N–H and O–H groups in total. The molecule has 0 heterocycles. The number of fused-ring (bicyclic) bond motifs is 1. The van der Waals surface area contributed by atoms with Crippen LogP contribution in [0.25, 0.3) is 0 Å². The Morgan fingerprint density at radius 1 is 1.30 bits per heavy atom. The van der Waals surface area contributed by atoms with Crippen LogP contribution in [-0.2, 0) is 12.8 Å². The molecule has 0 saturated carbocycles. The zero-order valence-corrected chi connectivity index (χ0v) is 14.7. The highest BCUT2D eigenvalue weighted by molar-refractivity contribution is 9.10. The molecular formula is C17H27BrN2. The zero-order chi connectivity index (χ0) is 14.9. The Balaban J connectivity index is 2.28. The van der Waals surface area contributed by atoms with Crippen LogP contribution in [0.5, 0.6) is 0 Å². The number of aryl methyl sites for hydroxylation is 1. The maximum absolute atomic E-state index is 6.21. The molecule has 1 aliphatic rings. The van der Waals surface area contributed by atoms with Gasteiger partial charge in [0.1, 0.15) is 0 Å². The molecule has 112 valence electrons. The lowest BCUT2D eigenvalue weighted by Gasteiger charge is -2.48. The first-order chi connectivity index (χ1) is 9.39. The number of hydrogen-bond donors (Lipinski definition) is 1. The van der Waals surface area contributed by atoms with Gasteiger partial charge >= 0.3 is 0 Å². The monoisotopic (exact) mass is 338 g/mol. The highest BCUT2D eigenvalue weighted by Gasteiger charge is 2.39.